The molecule has 0 aliphatic heterocycles. The molecular formula is C4H6FO. The highest BCUT2D eigenvalue weighted by Gasteiger charge is 1.69. The SMILES string of the molecule is [O]CCC=CF. The average Bonchev–Trinajstić information content (AvgIpc) is 1.61. The van der Waals surface area contributed by atoms with Crippen molar-refractivity contribution >= 4 is 0 Å². The van der Waals surface area contributed by atoms with Crippen LogP contribution >= 0.6 is 0 Å². The lowest BCUT2D eigenvalue weighted by Crippen LogP contribution is -1.69. The molecule has 0 aliphatic carbocycles. The topological polar surface area (TPSA) is 19.9 Å². The first kappa shape index (κ1) is 5.63. The third-order valence-electron chi connectivity index (χ3n) is 0.374. The minimum atomic E-state index is -0.222. The summed E-state index contributed by atoms with van der Waals surface area (Å²) >= 11 is 0. The Hall–Kier alpha value is -0.370. The van der Waals surface area contributed by atoms with Crippen molar-refractivity contribution in [2.45, 2.75) is 6.42 Å². The molecule has 0 aromatic carbocycles. The molecule has 2 heteroatoms. The van der Waals surface area contributed by atoms with Crippen LogP contribution in [0.5, 0.6) is 0 Å². The Bertz CT molecular complexity index is 42.8. The van der Waals surface area contributed by atoms with Gasteiger partial charge in [0.25, 0.3) is 0 Å². The second-order valence-corrected chi connectivity index (χ2v) is 0.854. The van der Waals surface area contributed by atoms with Crippen LogP contribution in [0.25, 0.3) is 0 Å². The fourth-order valence-electron chi connectivity index (χ4n) is 0.131. The first-order valence-corrected chi connectivity index (χ1v) is 1.75. The molecule has 0 bridgehead atoms. The molecule has 0 unspecified atom stereocenters. The summed E-state index contributed by atoms with van der Waals surface area (Å²) in [5.41, 5.74) is 0. The number of hydrogen-bond acceptors (Lipinski definition) is 0. The second kappa shape index (κ2) is 4.63. The van der Waals surface area contributed by atoms with Crippen molar-refractivity contribution in [1.82, 2.24) is 0 Å². The van der Waals surface area contributed by atoms with Crippen LogP contribution in [0.3, 0.4) is 0 Å². The molecule has 0 aromatic rings. The van der Waals surface area contributed by atoms with E-state index in [0.29, 0.717) is 12.8 Å². The summed E-state index contributed by atoms with van der Waals surface area (Å²) in [5, 5.41) is 9.47. The average molecular weight is 89.1 g/mol. The maximum Gasteiger partial charge on any atom is 0.0857 e. The maximum absolute atomic E-state index is 10.9. The predicted molar refractivity (Wildman–Crippen MR) is 20.4 cm³/mol. The lowest BCUT2D eigenvalue weighted by molar-refractivity contribution is 0.199. The zero-order valence-electron chi connectivity index (χ0n) is 3.36. The molecule has 0 fully saturated rings. The lowest BCUT2D eigenvalue weighted by atomic mass is 10.5. The standard InChI is InChI=1S/C4H6FO/c5-3-1-2-4-6/h1,3H,2,4H2. The van der Waals surface area contributed by atoms with Crippen molar-refractivity contribution in [2.24, 2.45) is 0 Å². The van der Waals surface area contributed by atoms with Gasteiger partial charge in [-0.25, -0.2) is 9.50 Å². The summed E-state index contributed by atoms with van der Waals surface area (Å²) in [6, 6.07) is 0. The van der Waals surface area contributed by atoms with Gasteiger partial charge in [-0.15, -0.1) is 0 Å². The highest BCUT2D eigenvalue weighted by atomic mass is 19.1. The Morgan fingerprint density at radius 3 is 2.50 bits per heavy atom. The molecule has 0 spiro atoms. The Morgan fingerprint density at radius 1 is 1.67 bits per heavy atom. The van der Waals surface area contributed by atoms with E-state index in [4.69, 9.17) is 0 Å². The highest BCUT2D eigenvalue weighted by Crippen LogP contribution is 1.78. The third-order valence-corrected chi connectivity index (χ3v) is 0.374. The van der Waals surface area contributed by atoms with Gasteiger partial charge in [0.05, 0.1) is 12.9 Å². The minimum absolute atomic E-state index is 0.222. The van der Waals surface area contributed by atoms with Gasteiger partial charge in [0, 0.05) is 0 Å². The van der Waals surface area contributed by atoms with Crippen LogP contribution in [0.4, 0.5) is 4.39 Å². The van der Waals surface area contributed by atoms with Crippen LogP contribution in [0.15, 0.2) is 12.4 Å². The molecule has 0 amide bonds. The fourth-order valence-corrected chi connectivity index (χ4v) is 0.131. The van der Waals surface area contributed by atoms with Crippen molar-refractivity contribution in [2.75, 3.05) is 6.61 Å². The number of hydrogen-bond donors (Lipinski definition) is 0. The zero-order chi connectivity index (χ0) is 4.83. The van der Waals surface area contributed by atoms with Crippen molar-refractivity contribution < 1.29 is 9.50 Å². The largest absolute Gasteiger partial charge is 0.236 e. The second-order valence-electron chi connectivity index (χ2n) is 0.854. The number of rotatable bonds is 2. The Labute approximate surface area is 36.1 Å². The molecule has 0 saturated heterocycles. The van der Waals surface area contributed by atoms with E-state index in [2.05, 4.69) is 0 Å². The van der Waals surface area contributed by atoms with Crippen molar-refractivity contribution in [3.8, 4) is 0 Å². The summed E-state index contributed by atoms with van der Waals surface area (Å²) < 4.78 is 10.9. The van der Waals surface area contributed by atoms with Gasteiger partial charge < -0.3 is 0 Å². The summed E-state index contributed by atoms with van der Waals surface area (Å²) in [6.07, 6.45) is 1.89. The molecule has 0 N–H and O–H groups in total. The monoisotopic (exact) mass is 89.0 g/mol. The van der Waals surface area contributed by atoms with Crippen molar-refractivity contribution in [3.05, 3.63) is 12.4 Å². The predicted octanol–water partition coefficient (Wildman–Crippen LogP) is 1.29. The molecule has 0 aliphatic rings. The van der Waals surface area contributed by atoms with Gasteiger partial charge in [0.15, 0.2) is 0 Å². The summed E-state index contributed by atoms with van der Waals surface area (Å²) in [7, 11) is 0. The van der Waals surface area contributed by atoms with Crippen LogP contribution in [-0.4, -0.2) is 6.61 Å². The summed E-state index contributed by atoms with van der Waals surface area (Å²) in [5.74, 6) is 0. The number of halogens is 1. The molecule has 0 aromatic heterocycles. The van der Waals surface area contributed by atoms with Crippen molar-refractivity contribution in [3.63, 3.8) is 0 Å². The van der Waals surface area contributed by atoms with E-state index in [1.54, 1.807) is 0 Å². The van der Waals surface area contributed by atoms with E-state index < -0.39 is 0 Å². The molecule has 1 nitrogen and oxygen atoms in total. The Balaban J connectivity index is 2.66. The molecular weight excluding hydrogens is 83.0 g/mol. The van der Waals surface area contributed by atoms with Gasteiger partial charge in [0.2, 0.25) is 0 Å². The highest BCUT2D eigenvalue weighted by molar-refractivity contribution is 4.69. The van der Waals surface area contributed by atoms with Gasteiger partial charge in [-0.05, 0) is 6.42 Å². The van der Waals surface area contributed by atoms with Gasteiger partial charge >= 0.3 is 0 Å². The minimum Gasteiger partial charge on any atom is -0.236 e. The molecule has 0 saturated carbocycles. The quantitative estimate of drug-likeness (QED) is 0.485. The van der Waals surface area contributed by atoms with Crippen LogP contribution in [0, 0.1) is 0 Å². The third kappa shape index (κ3) is 3.63. The molecule has 1 radical (unpaired) electrons. The van der Waals surface area contributed by atoms with Crippen LogP contribution in [-0.2, 0) is 5.11 Å². The normalized spacial score (nSPS) is 10.3. The van der Waals surface area contributed by atoms with Crippen LogP contribution in [0.2, 0.25) is 0 Å². The fraction of sp³-hybridized carbons (Fsp3) is 0.500. The molecule has 0 atom stereocenters. The molecule has 0 rings (SSSR count). The van der Waals surface area contributed by atoms with E-state index in [0.717, 1.165) is 0 Å². The smallest absolute Gasteiger partial charge is 0.0857 e. The van der Waals surface area contributed by atoms with Gasteiger partial charge in [-0.2, -0.15) is 0 Å². The van der Waals surface area contributed by atoms with E-state index in [9.17, 15) is 9.50 Å². The molecule has 6 heavy (non-hydrogen) atoms. The molecule has 0 heterocycles. The first-order chi connectivity index (χ1) is 2.91. The van der Waals surface area contributed by atoms with E-state index in [-0.39, 0.29) is 6.61 Å². The summed E-state index contributed by atoms with van der Waals surface area (Å²) in [6.45, 7) is -0.222. The maximum atomic E-state index is 10.9. The van der Waals surface area contributed by atoms with E-state index in [1.807, 2.05) is 0 Å². The molecule has 35 valence electrons. The van der Waals surface area contributed by atoms with E-state index >= 15 is 0 Å². The van der Waals surface area contributed by atoms with Gasteiger partial charge in [0.1, 0.15) is 0 Å². The van der Waals surface area contributed by atoms with Crippen LogP contribution < -0.4 is 0 Å². The van der Waals surface area contributed by atoms with E-state index in [1.165, 1.54) is 6.08 Å². The summed E-state index contributed by atoms with van der Waals surface area (Å²) in [4.78, 5) is 0. The first-order valence-electron chi connectivity index (χ1n) is 1.75. The Morgan fingerprint density at radius 2 is 2.33 bits per heavy atom. The zero-order valence-corrected chi connectivity index (χ0v) is 3.36. The van der Waals surface area contributed by atoms with Gasteiger partial charge in [-0.3, -0.25) is 0 Å². The lowest BCUT2D eigenvalue weighted by Gasteiger charge is -1.71. The Kier molecular flexibility index (Phi) is 4.34. The van der Waals surface area contributed by atoms with Gasteiger partial charge in [-0.1, -0.05) is 6.08 Å². The van der Waals surface area contributed by atoms with Crippen molar-refractivity contribution in [1.29, 1.82) is 0 Å². The van der Waals surface area contributed by atoms with Crippen LogP contribution in [0.1, 0.15) is 6.42 Å².